The minimum atomic E-state index is -0.0792. The van der Waals surface area contributed by atoms with Crippen molar-refractivity contribution in [3.63, 3.8) is 0 Å². The second-order valence-electron chi connectivity index (χ2n) is 3.73. The molecular weight excluding hydrogens is 336 g/mol. The Morgan fingerprint density at radius 1 is 1.39 bits per heavy atom. The van der Waals surface area contributed by atoms with Gasteiger partial charge < -0.3 is 4.74 Å². The first-order valence-electron chi connectivity index (χ1n) is 5.17. The van der Waals surface area contributed by atoms with E-state index in [2.05, 4.69) is 15.9 Å². The number of hydrogen-bond donors (Lipinski definition) is 0. The SMILES string of the molecule is COc1cc(C)c(Br)cc1C(=O)c1ccc(Cl)s1. The third-order valence-corrected chi connectivity index (χ3v) is 4.61. The lowest BCUT2D eigenvalue weighted by molar-refractivity contribution is 0.103. The Kier molecular flexibility index (Phi) is 4.10. The van der Waals surface area contributed by atoms with Gasteiger partial charge >= 0.3 is 0 Å². The van der Waals surface area contributed by atoms with Gasteiger partial charge in [-0.3, -0.25) is 4.79 Å². The van der Waals surface area contributed by atoms with Crippen molar-refractivity contribution >= 4 is 44.7 Å². The number of halogens is 2. The molecule has 0 aliphatic heterocycles. The molecule has 1 aromatic carbocycles. The molecule has 0 amide bonds. The Morgan fingerprint density at radius 2 is 2.11 bits per heavy atom. The van der Waals surface area contributed by atoms with Crippen LogP contribution in [0.5, 0.6) is 5.75 Å². The molecule has 18 heavy (non-hydrogen) atoms. The van der Waals surface area contributed by atoms with Gasteiger partial charge in [-0.15, -0.1) is 11.3 Å². The van der Waals surface area contributed by atoms with E-state index in [1.807, 2.05) is 13.0 Å². The summed E-state index contributed by atoms with van der Waals surface area (Å²) in [5, 5.41) is 0. The van der Waals surface area contributed by atoms with Crippen molar-refractivity contribution in [1.82, 2.24) is 0 Å². The zero-order chi connectivity index (χ0) is 13.3. The van der Waals surface area contributed by atoms with Gasteiger partial charge in [-0.1, -0.05) is 27.5 Å². The van der Waals surface area contributed by atoms with Crippen molar-refractivity contribution in [2.45, 2.75) is 6.92 Å². The van der Waals surface area contributed by atoms with Crippen LogP contribution in [0.4, 0.5) is 0 Å². The number of carbonyl (C=O) groups is 1. The van der Waals surface area contributed by atoms with Gasteiger partial charge in [-0.05, 0) is 36.8 Å². The van der Waals surface area contributed by atoms with E-state index in [-0.39, 0.29) is 5.78 Å². The predicted molar refractivity (Wildman–Crippen MR) is 78.2 cm³/mol. The molecule has 2 nitrogen and oxygen atoms in total. The molecule has 2 aromatic rings. The fraction of sp³-hybridized carbons (Fsp3) is 0.154. The number of ketones is 1. The summed E-state index contributed by atoms with van der Waals surface area (Å²) in [6, 6.07) is 7.06. The Hall–Kier alpha value is -0.840. The highest BCUT2D eigenvalue weighted by atomic mass is 79.9. The molecule has 1 aromatic heterocycles. The van der Waals surface area contributed by atoms with Gasteiger partial charge in [-0.2, -0.15) is 0 Å². The molecule has 0 N–H and O–H groups in total. The van der Waals surface area contributed by atoms with Gasteiger partial charge in [0.05, 0.1) is 21.9 Å². The lowest BCUT2D eigenvalue weighted by Crippen LogP contribution is -2.02. The first-order chi connectivity index (χ1) is 8.52. The van der Waals surface area contributed by atoms with Crippen molar-refractivity contribution < 1.29 is 9.53 Å². The van der Waals surface area contributed by atoms with E-state index in [9.17, 15) is 4.79 Å². The molecule has 5 heteroatoms. The predicted octanol–water partition coefficient (Wildman–Crippen LogP) is 4.71. The molecule has 0 saturated heterocycles. The van der Waals surface area contributed by atoms with Crippen LogP contribution in [0.25, 0.3) is 0 Å². The third kappa shape index (κ3) is 2.60. The first-order valence-corrected chi connectivity index (χ1v) is 7.16. The molecule has 0 spiro atoms. The molecule has 0 radical (unpaired) electrons. The van der Waals surface area contributed by atoms with Crippen molar-refractivity contribution in [3.8, 4) is 5.75 Å². The average Bonchev–Trinajstić information content (AvgIpc) is 2.78. The van der Waals surface area contributed by atoms with E-state index in [4.69, 9.17) is 16.3 Å². The molecule has 0 fully saturated rings. The minimum absolute atomic E-state index is 0.0792. The number of methoxy groups -OCH3 is 1. The number of rotatable bonds is 3. The second-order valence-corrected chi connectivity index (χ2v) is 6.30. The molecule has 1 heterocycles. The minimum Gasteiger partial charge on any atom is -0.496 e. The summed E-state index contributed by atoms with van der Waals surface area (Å²) in [6.45, 7) is 1.95. The highest BCUT2D eigenvalue weighted by molar-refractivity contribution is 9.10. The van der Waals surface area contributed by atoms with Crippen LogP contribution in [0, 0.1) is 6.92 Å². The van der Waals surface area contributed by atoms with Gasteiger partial charge in [0, 0.05) is 4.47 Å². The van der Waals surface area contributed by atoms with Crippen molar-refractivity contribution in [1.29, 1.82) is 0 Å². The number of carbonyl (C=O) groups excluding carboxylic acids is 1. The summed E-state index contributed by atoms with van der Waals surface area (Å²) < 4.78 is 6.74. The van der Waals surface area contributed by atoms with Crippen molar-refractivity contribution in [2.24, 2.45) is 0 Å². The molecule has 94 valence electrons. The van der Waals surface area contributed by atoms with Gasteiger partial charge in [0.2, 0.25) is 5.78 Å². The molecule has 0 atom stereocenters. The van der Waals surface area contributed by atoms with Gasteiger partial charge in [-0.25, -0.2) is 0 Å². The summed E-state index contributed by atoms with van der Waals surface area (Å²) in [6.07, 6.45) is 0. The van der Waals surface area contributed by atoms with Crippen molar-refractivity contribution in [3.05, 3.63) is 49.1 Å². The van der Waals surface area contributed by atoms with Crippen LogP contribution in [-0.2, 0) is 0 Å². The maximum absolute atomic E-state index is 12.4. The molecule has 0 aliphatic carbocycles. The van der Waals surface area contributed by atoms with Crippen LogP contribution in [-0.4, -0.2) is 12.9 Å². The normalized spacial score (nSPS) is 10.4. The van der Waals surface area contributed by atoms with Gasteiger partial charge in [0.25, 0.3) is 0 Å². The van der Waals surface area contributed by atoms with Crippen LogP contribution in [0.3, 0.4) is 0 Å². The van der Waals surface area contributed by atoms with E-state index in [0.717, 1.165) is 10.0 Å². The largest absolute Gasteiger partial charge is 0.496 e. The Bertz CT molecular complexity index is 607. The smallest absolute Gasteiger partial charge is 0.206 e. The average molecular weight is 346 g/mol. The van der Waals surface area contributed by atoms with E-state index in [1.165, 1.54) is 11.3 Å². The molecule has 0 aliphatic rings. The maximum Gasteiger partial charge on any atom is 0.206 e. The summed E-state index contributed by atoms with van der Waals surface area (Å²) >= 11 is 10.5. The van der Waals surface area contributed by atoms with Crippen LogP contribution in [0.1, 0.15) is 20.8 Å². The number of ether oxygens (including phenoxy) is 1. The number of thiophene rings is 1. The molecule has 0 bridgehead atoms. The summed E-state index contributed by atoms with van der Waals surface area (Å²) in [7, 11) is 1.56. The summed E-state index contributed by atoms with van der Waals surface area (Å²) in [5.41, 5.74) is 1.56. The maximum atomic E-state index is 12.4. The number of benzene rings is 1. The van der Waals surface area contributed by atoms with Crippen molar-refractivity contribution in [2.75, 3.05) is 7.11 Å². The van der Waals surface area contributed by atoms with Crippen LogP contribution in [0.15, 0.2) is 28.7 Å². The quantitative estimate of drug-likeness (QED) is 0.753. The molecule has 2 rings (SSSR count). The fourth-order valence-corrected chi connectivity index (χ4v) is 2.91. The number of aryl methyl sites for hydroxylation is 1. The summed E-state index contributed by atoms with van der Waals surface area (Å²) in [5.74, 6) is 0.495. The fourth-order valence-electron chi connectivity index (χ4n) is 1.57. The van der Waals surface area contributed by atoms with Gasteiger partial charge in [0.15, 0.2) is 0 Å². The van der Waals surface area contributed by atoms with Crippen LogP contribution in [0.2, 0.25) is 4.34 Å². The van der Waals surface area contributed by atoms with Crippen LogP contribution >= 0.6 is 38.9 Å². The standard InChI is InChI=1S/C13H10BrClO2S/c1-7-5-10(17-2)8(6-9(7)14)13(16)11-3-4-12(15)18-11/h3-6H,1-2H3. The highest BCUT2D eigenvalue weighted by Crippen LogP contribution is 2.31. The van der Waals surface area contributed by atoms with E-state index >= 15 is 0 Å². The lowest BCUT2D eigenvalue weighted by Gasteiger charge is -2.09. The monoisotopic (exact) mass is 344 g/mol. The Morgan fingerprint density at radius 3 is 2.67 bits per heavy atom. The van der Waals surface area contributed by atoms with Gasteiger partial charge in [0.1, 0.15) is 5.75 Å². The lowest BCUT2D eigenvalue weighted by atomic mass is 10.1. The zero-order valence-electron chi connectivity index (χ0n) is 9.79. The second kappa shape index (κ2) is 5.43. The summed E-state index contributed by atoms with van der Waals surface area (Å²) in [4.78, 5) is 13.0. The molecule has 0 saturated carbocycles. The van der Waals surface area contributed by atoms with E-state index in [0.29, 0.717) is 20.5 Å². The third-order valence-electron chi connectivity index (χ3n) is 2.52. The van der Waals surface area contributed by atoms with Crippen LogP contribution < -0.4 is 4.74 Å². The Balaban J connectivity index is 2.50. The molecular formula is C13H10BrClO2S. The highest BCUT2D eigenvalue weighted by Gasteiger charge is 2.17. The Labute approximate surface area is 123 Å². The van der Waals surface area contributed by atoms with E-state index in [1.54, 1.807) is 25.3 Å². The first kappa shape index (κ1) is 13.6. The number of hydrogen-bond acceptors (Lipinski definition) is 3. The topological polar surface area (TPSA) is 26.3 Å². The molecule has 0 unspecified atom stereocenters. The zero-order valence-corrected chi connectivity index (χ0v) is 12.9. The van der Waals surface area contributed by atoms with E-state index < -0.39 is 0 Å².